The third kappa shape index (κ3) is 5.23. The Balaban J connectivity index is 1.18. The molecule has 0 aliphatic carbocycles. The molecule has 0 amide bonds. The minimum Gasteiger partial charge on any atom is -0.358 e. The van der Waals surface area contributed by atoms with E-state index in [0.29, 0.717) is 0 Å². The van der Waals surface area contributed by atoms with Gasteiger partial charge in [-0.3, -0.25) is 4.99 Å². The summed E-state index contributed by atoms with van der Waals surface area (Å²) in [7, 11) is 0. The van der Waals surface area contributed by atoms with Gasteiger partial charge in [-0.2, -0.15) is 0 Å². The van der Waals surface area contributed by atoms with Crippen LogP contribution in [0.25, 0.3) is 22.3 Å². The number of hydrogen-bond acceptors (Lipinski definition) is 4. The lowest BCUT2D eigenvalue weighted by Crippen LogP contribution is -2.23. The van der Waals surface area contributed by atoms with Crippen molar-refractivity contribution >= 4 is 42.3 Å². The Bertz CT molecular complexity index is 1750. The zero-order valence-electron chi connectivity index (χ0n) is 23.8. The largest absolute Gasteiger partial charge is 0.358 e. The second-order valence-corrected chi connectivity index (χ2v) is 12.8. The highest BCUT2D eigenvalue weighted by Crippen LogP contribution is 2.45. The predicted octanol–water partition coefficient (Wildman–Crippen LogP) is 10.4. The fourth-order valence-electron chi connectivity index (χ4n) is 5.72. The van der Waals surface area contributed by atoms with Crippen LogP contribution in [0.15, 0.2) is 136 Å². The van der Waals surface area contributed by atoms with Crippen molar-refractivity contribution in [2.24, 2.45) is 4.99 Å². The van der Waals surface area contributed by atoms with Crippen LogP contribution in [0.1, 0.15) is 38.8 Å². The van der Waals surface area contributed by atoms with Crippen molar-refractivity contribution in [1.82, 2.24) is 0 Å². The van der Waals surface area contributed by atoms with E-state index >= 15 is 0 Å². The number of hydrogen-bond donors (Lipinski definition) is 3. The lowest BCUT2D eigenvalue weighted by molar-refractivity contribution is 0.654. The van der Waals surface area contributed by atoms with Gasteiger partial charge in [0.15, 0.2) is 0 Å². The first-order valence-electron chi connectivity index (χ1n) is 13.9. The van der Waals surface area contributed by atoms with Crippen LogP contribution in [0.5, 0.6) is 0 Å². The zero-order chi connectivity index (χ0) is 28.8. The van der Waals surface area contributed by atoms with Gasteiger partial charge in [-0.1, -0.05) is 94.5 Å². The molecule has 0 saturated carbocycles. The molecule has 1 N–H and O–H groups in total. The summed E-state index contributed by atoms with van der Waals surface area (Å²) in [5.74, 6) is 0. The molecule has 0 fully saturated rings. The quantitative estimate of drug-likeness (QED) is 0.161. The standard InChI is InChI=1S/C37H34N2S2/c1-36(2)30-20-14-26(24-10-16-28(40)17-11-24)22-32(30)38-34(36)8-6-5-7-9-35-37(3,4)31-21-15-27(23-33(31)39-35)25-12-18-29(41)19-13-25/h5-23,38,40-41H,1-4H3/b6-5+,9-7+,34-8+. The summed E-state index contributed by atoms with van der Waals surface area (Å²) in [5, 5.41) is 3.67. The first-order valence-corrected chi connectivity index (χ1v) is 14.8. The highest BCUT2D eigenvalue weighted by atomic mass is 32.1. The van der Waals surface area contributed by atoms with Crippen molar-refractivity contribution in [3.05, 3.63) is 132 Å². The third-order valence-corrected chi connectivity index (χ3v) is 8.92. The molecule has 0 saturated heterocycles. The fourth-order valence-corrected chi connectivity index (χ4v) is 6.02. The summed E-state index contributed by atoms with van der Waals surface area (Å²) < 4.78 is 0. The van der Waals surface area contributed by atoms with Crippen LogP contribution in [0.2, 0.25) is 0 Å². The topological polar surface area (TPSA) is 24.4 Å². The Morgan fingerprint density at radius 2 is 1.17 bits per heavy atom. The summed E-state index contributed by atoms with van der Waals surface area (Å²) in [6, 6.07) is 29.9. The number of benzene rings is 4. The molecule has 0 spiro atoms. The van der Waals surface area contributed by atoms with E-state index in [9.17, 15) is 0 Å². The van der Waals surface area contributed by atoms with Crippen LogP contribution in [0, 0.1) is 0 Å². The molecule has 4 aromatic rings. The molecule has 0 aromatic heterocycles. The van der Waals surface area contributed by atoms with Gasteiger partial charge >= 0.3 is 0 Å². The Morgan fingerprint density at radius 3 is 1.80 bits per heavy atom. The zero-order valence-corrected chi connectivity index (χ0v) is 25.6. The molecule has 0 bridgehead atoms. The van der Waals surface area contributed by atoms with Crippen molar-refractivity contribution in [2.45, 2.75) is 48.3 Å². The summed E-state index contributed by atoms with van der Waals surface area (Å²) in [6.45, 7) is 9.02. The second-order valence-electron chi connectivity index (χ2n) is 11.8. The lowest BCUT2D eigenvalue weighted by Gasteiger charge is -2.20. The van der Waals surface area contributed by atoms with Crippen molar-refractivity contribution < 1.29 is 0 Å². The van der Waals surface area contributed by atoms with Crippen LogP contribution in [0.3, 0.4) is 0 Å². The average molecular weight is 571 g/mol. The van der Waals surface area contributed by atoms with E-state index in [4.69, 9.17) is 4.99 Å². The van der Waals surface area contributed by atoms with Gasteiger partial charge in [0, 0.05) is 32.0 Å². The van der Waals surface area contributed by atoms with Gasteiger partial charge in [-0.25, -0.2) is 0 Å². The summed E-state index contributed by atoms with van der Waals surface area (Å²) in [6.07, 6.45) is 10.6. The first-order chi connectivity index (χ1) is 19.6. The van der Waals surface area contributed by atoms with Crippen LogP contribution < -0.4 is 5.32 Å². The summed E-state index contributed by atoms with van der Waals surface area (Å²) in [4.78, 5) is 6.96. The highest BCUT2D eigenvalue weighted by Gasteiger charge is 2.35. The van der Waals surface area contributed by atoms with Gasteiger partial charge < -0.3 is 5.32 Å². The normalized spacial score (nSPS) is 17.6. The number of aliphatic imine (C=N–C) groups is 1. The van der Waals surface area contributed by atoms with Crippen LogP contribution in [-0.4, -0.2) is 5.71 Å². The molecule has 2 aliphatic heterocycles. The Kier molecular flexibility index (Phi) is 7.09. The molecule has 204 valence electrons. The predicted molar refractivity (Wildman–Crippen MR) is 181 cm³/mol. The molecule has 2 heterocycles. The van der Waals surface area contributed by atoms with Crippen molar-refractivity contribution in [3.63, 3.8) is 0 Å². The minimum atomic E-state index is -0.146. The highest BCUT2D eigenvalue weighted by molar-refractivity contribution is 7.80. The van der Waals surface area contributed by atoms with Gasteiger partial charge in [0.2, 0.25) is 0 Å². The molecule has 2 nitrogen and oxygen atoms in total. The maximum atomic E-state index is 5.02. The monoisotopic (exact) mass is 570 g/mol. The number of fused-ring (bicyclic) bond motifs is 2. The van der Waals surface area contributed by atoms with E-state index in [1.807, 2.05) is 24.3 Å². The number of anilines is 1. The van der Waals surface area contributed by atoms with Crippen LogP contribution in [-0.2, 0) is 10.8 Å². The molecule has 0 radical (unpaired) electrons. The maximum absolute atomic E-state index is 5.02. The molecule has 0 atom stereocenters. The van der Waals surface area contributed by atoms with E-state index in [0.717, 1.165) is 21.2 Å². The SMILES string of the molecule is CC1(C)C(/C=C/C=C/C=C2/Nc3cc(-c4ccc(S)cc4)ccc3C2(C)C)=Nc2cc(-c3ccc(S)cc3)ccc21. The van der Waals surface area contributed by atoms with Crippen LogP contribution >= 0.6 is 25.3 Å². The number of allylic oxidation sites excluding steroid dienone is 6. The van der Waals surface area contributed by atoms with Crippen LogP contribution in [0.4, 0.5) is 11.4 Å². The third-order valence-electron chi connectivity index (χ3n) is 8.33. The molecule has 2 aliphatic rings. The molecule has 4 heteroatoms. The van der Waals surface area contributed by atoms with Gasteiger partial charge in [-0.05, 0) is 81.9 Å². The number of nitrogens with one attached hydrogen (secondary N) is 1. The number of rotatable bonds is 5. The smallest absolute Gasteiger partial charge is 0.0680 e. The van der Waals surface area contributed by atoms with E-state index in [2.05, 4.69) is 149 Å². The molecule has 4 aromatic carbocycles. The Morgan fingerprint density at radius 1 is 0.610 bits per heavy atom. The molecule has 0 unspecified atom stereocenters. The van der Waals surface area contributed by atoms with E-state index in [1.54, 1.807) is 0 Å². The van der Waals surface area contributed by atoms with Crippen molar-refractivity contribution in [1.29, 1.82) is 0 Å². The van der Waals surface area contributed by atoms with Gasteiger partial charge in [0.25, 0.3) is 0 Å². The molecular formula is C37H34N2S2. The average Bonchev–Trinajstić information content (AvgIpc) is 3.36. The Labute approximate surface area is 254 Å². The maximum Gasteiger partial charge on any atom is 0.0680 e. The van der Waals surface area contributed by atoms with E-state index in [1.165, 1.54) is 44.8 Å². The minimum absolute atomic E-state index is 0.0963. The van der Waals surface area contributed by atoms with Crippen molar-refractivity contribution in [2.75, 3.05) is 5.32 Å². The van der Waals surface area contributed by atoms with E-state index < -0.39 is 0 Å². The van der Waals surface area contributed by atoms with Crippen molar-refractivity contribution in [3.8, 4) is 22.3 Å². The second kappa shape index (κ2) is 10.6. The number of thiol groups is 2. The summed E-state index contributed by atoms with van der Waals surface area (Å²) >= 11 is 8.83. The summed E-state index contributed by atoms with van der Waals surface area (Å²) in [5.41, 5.74) is 11.5. The molecule has 41 heavy (non-hydrogen) atoms. The van der Waals surface area contributed by atoms with Gasteiger partial charge in [-0.15, -0.1) is 25.3 Å². The lowest BCUT2D eigenvalue weighted by atomic mass is 9.81. The first kappa shape index (κ1) is 27.4. The van der Waals surface area contributed by atoms with Gasteiger partial charge in [0.1, 0.15) is 0 Å². The fraction of sp³-hybridized carbons (Fsp3) is 0.162. The van der Waals surface area contributed by atoms with Gasteiger partial charge in [0.05, 0.1) is 11.4 Å². The number of nitrogens with zero attached hydrogens (tertiary/aromatic N) is 1. The molecule has 6 rings (SSSR count). The van der Waals surface area contributed by atoms with E-state index in [-0.39, 0.29) is 10.8 Å². The molecular weight excluding hydrogens is 537 g/mol. The Hall–Kier alpha value is -3.73.